The first-order valence-corrected chi connectivity index (χ1v) is 8.44. The molecule has 0 atom stereocenters. The largest absolute Gasteiger partial charge is 0.331 e. The maximum absolute atomic E-state index is 11.6. The van der Waals surface area contributed by atoms with Crippen LogP contribution in [0.1, 0.15) is 11.1 Å². The predicted molar refractivity (Wildman–Crippen MR) is 104 cm³/mol. The molecule has 0 aromatic heterocycles. The minimum Gasteiger partial charge on any atom is -0.262 e. The molecule has 2 aromatic carbocycles. The van der Waals surface area contributed by atoms with E-state index >= 15 is 0 Å². The Kier molecular flexibility index (Phi) is 7.41. The van der Waals surface area contributed by atoms with Crippen LogP contribution in [0.4, 0.5) is 0 Å². The zero-order valence-corrected chi connectivity index (χ0v) is 15.9. The van der Waals surface area contributed by atoms with Crippen molar-refractivity contribution in [2.45, 2.75) is 0 Å². The molecule has 0 aliphatic carbocycles. The van der Waals surface area contributed by atoms with E-state index in [1.807, 2.05) is 10.9 Å². The van der Waals surface area contributed by atoms with E-state index in [2.05, 4.69) is 10.2 Å². The summed E-state index contributed by atoms with van der Waals surface area (Å²) in [6.45, 7) is 0. The van der Waals surface area contributed by atoms with Crippen molar-refractivity contribution in [2.24, 2.45) is 10.2 Å². The highest BCUT2D eigenvalue weighted by atomic mass is 35.5. The maximum atomic E-state index is 11.6. The predicted octanol–water partition coefficient (Wildman–Crippen LogP) is 3.90. The van der Waals surface area contributed by atoms with E-state index in [9.17, 15) is 9.59 Å². The number of hydrogen-bond acceptors (Lipinski definition) is 4. The van der Waals surface area contributed by atoms with Crippen LogP contribution >= 0.6 is 46.4 Å². The van der Waals surface area contributed by atoms with Crippen LogP contribution in [-0.2, 0) is 9.59 Å². The quantitative estimate of drug-likeness (QED) is 0.437. The molecule has 0 radical (unpaired) electrons. The summed E-state index contributed by atoms with van der Waals surface area (Å²) >= 11 is 23.4. The Labute approximate surface area is 168 Å². The van der Waals surface area contributed by atoms with Gasteiger partial charge in [-0.2, -0.15) is 10.2 Å². The van der Waals surface area contributed by atoms with Gasteiger partial charge in [0.15, 0.2) is 0 Å². The summed E-state index contributed by atoms with van der Waals surface area (Å²) in [5.41, 5.74) is 5.14. The lowest BCUT2D eigenvalue weighted by molar-refractivity contribution is -0.139. The number of hydrazone groups is 2. The minimum atomic E-state index is -1.01. The van der Waals surface area contributed by atoms with Crippen molar-refractivity contribution < 1.29 is 9.59 Å². The normalized spacial score (nSPS) is 11.1. The second-order valence-corrected chi connectivity index (χ2v) is 6.42. The third kappa shape index (κ3) is 6.00. The van der Waals surface area contributed by atoms with Crippen molar-refractivity contribution in [1.29, 1.82) is 0 Å². The number of nitrogens with one attached hydrogen (secondary N) is 2. The Balaban J connectivity index is 1.88. The van der Waals surface area contributed by atoms with Gasteiger partial charge >= 0.3 is 11.8 Å². The van der Waals surface area contributed by atoms with Gasteiger partial charge in [-0.15, -0.1) is 0 Å². The fourth-order valence-electron chi connectivity index (χ4n) is 1.63. The summed E-state index contributed by atoms with van der Waals surface area (Å²) in [6.07, 6.45) is 2.56. The monoisotopic (exact) mass is 430 g/mol. The lowest BCUT2D eigenvalue weighted by Gasteiger charge is -2.00. The van der Waals surface area contributed by atoms with Gasteiger partial charge in [-0.05, 0) is 24.3 Å². The average molecular weight is 432 g/mol. The number of halogens is 4. The van der Waals surface area contributed by atoms with Gasteiger partial charge in [0.05, 0.1) is 22.5 Å². The molecule has 0 fully saturated rings. The highest BCUT2D eigenvalue weighted by Gasteiger charge is 2.11. The van der Waals surface area contributed by atoms with Crippen LogP contribution in [0.3, 0.4) is 0 Å². The van der Waals surface area contributed by atoms with E-state index < -0.39 is 11.8 Å². The fraction of sp³-hybridized carbons (Fsp3) is 0. The SMILES string of the molecule is O=C(N/N=C/c1ccc(Cl)cc1Cl)C(=O)N/N=C/c1ccc(Cl)cc1Cl. The van der Waals surface area contributed by atoms with Crippen molar-refractivity contribution in [1.82, 2.24) is 10.9 Å². The zero-order chi connectivity index (χ0) is 19.1. The smallest absolute Gasteiger partial charge is 0.262 e. The van der Waals surface area contributed by atoms with E-state index in [1.54, 1.807) is 24.3 Å². The highest BCUT2D eigenvalue weighted by Crippen LogP contribution is 2.20. The van der Waals surface area contributed by atoms with Crippen molar-refractivity contribution in [2.75, 3.05) is 0 Å². The number of benzene rings is 2. The van der Waals surface area contributed by atoms with Crippen LogP contribution < -0.4 is 10.9 Å². The Hall–Kier alpha value is -2.12. The van der Waals surface area contributed by atoms with Gasteiger partial charge < -0.3 is 0 Å². The first-order valence-electron chi connectivity index (χ1n) is 6.93. The van der Waals surface area contributed by atoms with Crippen LogP contribution in [0.15, 0.2) is 46.6 Å². The van der Waals surface area contributed by atoms with Crippen LogP contribution in [0.25, 0.3) is 0 Å². The van der Waals surface area contributed by atoms with Gasteiger partial charge in [0, 0.05) is 21.2 Å². The molecule has 0 bridgehead atoms. The second kappa shape index (κ2) is 9.54. The molecule has 134 valence electrons. The van der Waals surface area contributed by atoms with Gasteiger partial charge in [0.25, 0.3) is 0 Å². The third-order valence-corrected chi connectivity index (χ3v) is 4.00. The number of amides is 2. The molecule has 26 heavy (non-hydrogen) atoms. The van der Waals surface area contributed by atoms with Crippen molar-refractivity contribution >= 4 is 70.6 Å². The molecule has 0 unspecified atom stereocenters. The Morgan fingerprint density at radius 3 is 1.46 bits per heavy atom. The molecule has 10 heteroatoms. The van der Waals surface area contributed by atoms with E-state index in [1.165, 1.54) is 24.6 Å². The Morgan fingerprint density at radius 1 is 0.731 bits per heavy atom. The van der Waals surface area contributed by atoms with Gasteiger partial charge in [-0.3, -0.25) is 9.59 Å². The fourth-order valence-corrected chi connectivity index (χ4v) is 2.55. The van der Waals surface area contributed by atoms with E-state index in [-0.39, 0.29) is 0 Å². The molecule has 0 spiro atoms. The molecule has 0 aliphatic heterocycles. The minimum absolute atomic E-state index is 0.351. The summed E-state index contributed by atoms with van der Waals surface area (Å²) in [5, 5.41) is 8.92. The van der Waals surface area contributed by atoms with Gasteiger partial charge in [-0.25, -0.2) is 10.9 Å². The maximum Gasteiger partial charge on any atom is 0.331 e. The van der Waals surface area contributed by atoms with Crippen molar-refractivity contribution in [3.05, 3.63) is 67.6 Å². The molecule has 0 aliphatic rings. The number of nitrogens with zero attached hydrogens (tertiary/aromatic N) is 2. The number of rotatable bonds is 4. The summed E-state index contributed by atoms with van der Waals surface area (Å²) in [5.74, 6) is -2.02. The van der Waals surface area contributed by atoms with Gasteiger partial charge in [0.2, 0.25) is 0 Å². The average Bonchev–Trinajstić information content (AvgIpc) is 2.58. The number of carbonyl (C=O) groups excluding carboxylic acids is 2. The first-order chi connectivity index (χ1) is 12.4. The summed E-state index contributed by atoms with van der Waals surface area (Å²) in [6, 6.07) is 9.49. The van der Waals surface area contributed by atoms with Crippen LogP contribution in [0.5, 0.6) is 0 Å². The molecule has 2 aromatic rings. The molecule has 0 heterocycles. The molecular weight excluding hydrogens is 422 g/mol. The van der Waals surface area contributed by atoms with E-state index in [4.69, 9.17) is 46.4 Å². The Bertz CT molecular complexity index is 826. The molecule has 0 saturated carbocycles. The van der Waals surface area contributed by atoms with E-state index in [0.29, 0.717) is 31.2 Å². The molecule has 0 saturated heterocycles. The molecule has 2 amide bonds. The number of carbonyl (C=O) groups is 2. The highest BCUT2D eigenvalue weighted by molar-refractivity contribution is 6.37. The number of hydrogen-bond donors (Lipinski definition) is 2. The molecule has 2 rings (SSSR count). The molecular formula is C16H10Cl4N4O2. The standard InChI is InChI=1S/C16H10Cl4N4O2/c17-11-3-1-9(13(19)5-11)7-21-23-15(25)16(26)24-22-8-10-2-4-12(18)6-14(10)20/h1-8H,(H,23,25)(H,24,26)/b21-7+,22-8+. The first kappa shape index (κ1) is 20.2. The van der Waals surface area contributed by atoms with E-state index in [0.717, 1.165) is 0 Å². The van der Waals surface area contributed by atoms with Crippen molar-refractivity contribution in [3.8, 4) is 0 Å². The lowest BCUT2D eigenvalue weighted by atomic mass is 10.2. The lowest BCUT2D eigenvalue weighted by Crippen LogP contribution is -2.35. The van der Waals surface area contributed by atoms with Gasteiger partial charge in [0.1, 0.15) is 0 Å². The topological polar surface area (TPSA) is 82.9 Å². The molecule has 2 N–H and O–H groups in total. The van der Waals surface area contributed by atoms with Crippen LogP contribution in [0.2, 0.25) is 20.1 Å². The van der Waals surface area contributed by atoms with Gasteiger partial charge in [-0.1, -0.05) is 58.5 Å². The molecule has 6 nitrogen and oxygen atoms in total. The van der Waals surface area contributed by atoms with Crippen molar-refractivity contribution in [3.63, 3.8) is 0 Å². The zero-order valence-electron chi connectivity index (χ0n) is 12.8. The second-order valence-electron chi connectivity index (χ2n) is 4.73. The summed E-state index contributed by atoms with van der Waals surface area (Å²) in [4.78, 5) is 23.2. The van der Waals surface area contributed by atoms with Crippen LogP contribution in [0, 0.1) is 0 Å². The summed E-state index contributed by atoms with van der Waals surface area (Å²) < 4.78 is 0. The van der Waals surface area contributed by atoms with Crippen LogP contribution in [-0.4, -0.2) is 24.2 Å². The summed E-state index contributed by atoms with van der Waals surface area (Å²) in [7, 11) is 0. The third-order valence-electron chi connectivity index (χ3n) is 2.87. The Morgan fingerprint density at radius 2 is 1.12 bits per heavy atom.